The summed E-state index contributed by atoms with van der Waals surface area (Å²) in [6.45, 7) is 0.150. The Balaban J connectivity index is 1.56. The van der Waals surface area contributed by atoms with E-state index < -0.39 is 6.17 Å². The number of ether oxygens (including phenoxy) is 3. The molecule has 0 saturated carbocycles. The first-order valence-corrected chi connectivity index (χ1v) is 9.43. The van der Waals surface area contributed by atoms with E-state index >= 15 is 0 Å². The summed E-state index contributed by atoms with van der Waals surface area (Å²) in [5.41, 5.74) is 2.94. The largest absolute Gasteiger partial charge is 0.479 e. The van der Waals surface area contributed by atoms with Gasteiger partial charge in [0.2, 0.25) is 6.79 Å². The Kier molecular flexibility index (Phi) is 4.37. The number of benzene rings is 3. The summed E-state index contributed by atoms with van der Waals surface area (Å²) in [4.78, 5) is 15.2. The molecule has 5 rings (SSSR count). The first kappa shape index (κ1) is 17.9. The predicted octanol–water partition coefficient (Wildman–Crippen LogP) is 4.09. The van der Waals surface area contributed by atoms with E-state index in [1.807, 2.05) is 48.5 Å². The van der Waals surface area contributed by atoms with Gasteiger partial charge in [0.1, 0.15) is 18.0 Å². The lowest BCUT2D eigenvalue weighted by Gasteiger charge is -2.38. The number of carbonyl (C=O) groups excluding carboxylic acids is 1. The Morgan fingerprint density at radius 3 is 2.70 bits per heavy atom. The second-order valence-corrected chi connectivity index (χ2v) is 6.82. The van der Waals surface area contributed by atoms with Crippen molar-refractivity contribution in [2.45, 2.75) is 6.17 Å². The van der Waals surface area contributed by atoms with Crippen LogP contribution in [0.2, 0.25) is 0 Å². The van der Waals surface area contributed by atoms with Crippen molar-refractivity contribution in [2.75, 3.05) is 23.6 Å². The zero-order valence-electron chi connectivity index (χ0n) is 15.9. The molecule has 1 atom stereocenters. The average Bonchev–Trinajstić information content (AvgIpc) is 3.26. The minimum absolute atomic E-state index is 0.0177. The van der Waals surface area contributed by atoms with E-state index in [-0.39, 0.29) is 19.3 Å². The van der Waals surface area contributed by atoms with Crippen LogP contribution in [-0.2, 0) is 0 Å². The zero-order valence-corrected chi connectivity index (χ0v) is 15.9. The van der Waals surface area contributed by atoms with Gasteiger partial charge in [-0.25, -0.2) is 0 Å². The van der Waals surface area contributed by atoms with Gasteiger partial charge in [0.15, 0.2) is 18.1 Å². The minimum atomic E-state index is -0.433. The van der Waals surface area contributed by atoms with E-state index in [2.05, 4.69) is 5.32 Å². The quantitative estimate of drug-likeness (QED) is 0.711. The summed E-state index contributed by atoms with van der Waals surface area (Å²) in [5, 5.41) is 12.1. The molecule has 3 aromatic carbocycles. The Morgan fingerprint density at radius 2 is 1.87 bits per heavy atom. The number of nitrogens with zero attached hydrogens (tertiary/aromatic N) is 2. The molecule has 1 unspecified atom stereocenters. The maximum absolute atomic E-state index is 13.5. The number of nitriles is 1. The van der Waals surface area contributed by atoms with Gasteiger partial charge in [0.05, 0.1) is 11.3 Å². The van der Waals surface area contributed by atoms with Crippen LogP contribution in [0.3, 0.4) is 0 Å². The van der Waals surface area contributed by atoms with E-state index in [0.29, 0.717) is 28.5 Å². The number of hydrogen-bond donors (Lipinski definition) is 1. The van der Waals surface area contributed by atoms with Crippen molar-refractivity contribution in [2.24, 2.45) is 0 Å². The van der Waals surface area contributed by atoms with E-state index in [9.17, 15) is 4.79 Å². The molecule has 1 N–H and O–H groups in total. The number of para-hydroxylation sites is 1. The molecule has 30 heavy (non-hydrogen) atoms. The summed E-state index contributed by atoms with van der Waals surface area (Å²) in [5.74, 6) is 1.75. The number of carbonyl (C=O) groups is 1. The third kappa shape index (κ3) is 3.05. The van der Waals surface area contributed by atoms with Crippen LogP contribution in [-0.4, -0.2) is 19.3 Å². The third-order valence-electron chi connectivity index (χ3n) is 5.06. The first-order chi connectivity index (χ1) is 14.7. The normalized spacial score (nSPS) is 16.4. The Bertz CT molecular complexity index is 1150. The van der Waals surface area contributed by atoms with E-state index in [1.165, 1.54) is 0 Å². The standard InChI is InChI=1S/C23H17N3O4/c24-11-12-28-17-8-5-15(6-9-17)22-25-19-4-2-1-3-18(19)23(27)26(22)16-7-10-20-21(13-16)30-14-29-20/h1-10,13,22,25H,12,14H2. The molecule has 0 aromatic heterocycles. The smallest absolute Gasteiger partial charge is 0.262 e. The molecule has 7 nitrogen and oxygen atoms in total. The summed E-state index contributed by atoms with van der Waals surface area (Å²) in [7, 11) is 0. The van der Waals surface area contributed by atoms with Crippen LogP contribution in [0, 0.1) is 11.3 Å². The van der Waals surface area contributed by atoms with Crippen molar-refractivity contribution in [3.05, 3.63) is 77.9 Å². The monoisotopic (exact) mass is 399 g/mol. The van der Waals surface area contributed by atoms with E-state index in [1.54, 1.807) is 29.2 Å². The second-order valence-electron chi connectivity index (χ2n) is 6.82. The van der Waals surface area contributed by atoms with Crippen molar-refractivity contribution in [3.8, 4) is 23.3 Å². The van der Waals surface area contributed by atoms with Crippen LogP contribution in [0.1, 0.15) is 22.1 Å². The second kappa shape index (κ2) is 7.33. The van der Waals surface area contributed by atoms with Gasteiger partial charge in [-0.3, -0.25) is 9.69 Å². The molecule has 0 radical (unpaired) electrons. The van der Waals surface area contributed by atoms with Crippen LogP contribution < -0.4 is 24.4 Å². The molecule has 0 aliphatic carbocycles. The zero-order chi connectivity index (χ0) is 20.5. The van der Waals surface area contributed by atoms with Crippen LogP contribution in [0.15, 0.2) is 66.7 Å². The molecule has 0 spiro atoms. The van der Waals surface area contributed by atoms with Crippen molar-refractivity contribution in [3.63, 3.8) is 0 Å². The molecular formula is C23H17N3O4. The molecule has 2 heterocycles. The van der Waals surface area contributed by atoms with Gasteiger partial charge in [-0.05, 0) is 42.0 Å². The highest BCUT2D eigenvalue weighted by Gasteiger charge is 2.34. The van der Waals surface area contributed by atoms with Crippen molar-refractivity contribution in [1.82, 2.24) is 0 Å². The van der Waals surface area contributed by atoms with E-state index in [0.717, 1.165) is 11.3 Å². The van der Waals surface area contributed by atoms with Gasteiger partial charge in [-0.2, -0.15) is 5.26 Å². The fraction of sp³-hybridized carbons (Fsp3) is 0.130. The number of anilines is 2. The molecule has 148 valence electrons. The number of rotatable bonds is 4. The maximum atomic E-state index is 13.5. The molecule has 7 heteroatoms. The van der Waals surface area contributed by atoms with Gasteiger partial charge in [0, 0.05) is 11.8 Å². The van der Waals surface area contributed by atoms with Gasteiger partial charge < -0.3 is 19.5 Å². The molecule has 2 aliphatic rings. The SMILES string of the molecule is N#CCOc1ccc(C2Nc3ccccc3C(=O)N2c2ccc3c(c2)OCO3)cc1. The van der Waals surface area contributed by atoms with Crippen LogP contribution in [0.4, 0.5) is 11.4 Å². The molecule has 2 aliphatic heterocycles. The Hall–Kier alpha value is -4.18. The third-order valence-corrected chi connectivity index (χ3v) is 5.06. The summed E-state index contributed by atoms with van der Waals surface area (Å²) in [6, 6.07) is 22.2. The van der Waals surface area contributed by atoms with Gasteiger partial charge in [-0.1, -0.05) is 24.3 Å². The van der Waals surface area contributed by atoms with Crippen molar-refractivity contribution >= 4 is 17.3 Å². The lowest BCUT2D eigenvalue weighted by atomic mass is 10.0. The van der Waals surface area contributed by atoms with Gasteiger partial charge in [-0.15, -0.1) is 0 Å². The molecule has 0 fully saturated rings. The van der Waals surface area contributed by atoms with Gasteiger partial charge >= 0.3 is 0 Å². The highest BCUT2D eigenvalue weighted by molar-refractivity contribution is 6.12. The number of amides is 1. The van der Waals surface area contributed by atoms with E-state index in [4.69, 9.17) is 19.5 Å². The fourth-order valence-electron chi connectivity index (χ4n) is 3.65. The number of hydrogen-bond acceptors (Lipinski definition) is 6. The molecule has 0 saturated heterocycles. The van der Waals surface area contributed by atoms with Crippen molar-refractivity contribution < 1.29 is 19.0 Å². The van der Waals surface area contributed by atoms with Gasteiger partial charge in [0.25, 0.3) is 5.91 Å². The van der Waals surface area contributed by atoms with Crippen LogP contribution in [0.5, 0.6) is 17.2 Å². The van der Waals surface area contributed by atoms with Crippen molar-refractivity contribution in [1.29, 1.82) is 5.26 Å². The van der Waals surface area contributed by atoms with Crippen LogP contribution in [0.25, 0.3) is 0 Å². The Labute approximate surface area is 173 Å². The molecular weight excluding hydrogens is 382 g/mol. The van der Waals surface area contributed by atoms with Crippen LogP contribution >= 0.6 is 0 Å². The number of nitrogens with one attached hydrogen (secondary N) is 1. The summed E-state index contributed by atoms with van der Waals surface area (Å²) < 4.78 is 16.3. The molecule has 1 amide bonds. The average molecular weight is 399 g/mol. The number of fused-ring (bicyclic) bond motifs is 2. The highest BCUT2D eigenvalue weighted by Crippen LogP contribution is 2.41. The highest BCUT2D eigenvalue weighted by atomic mass is 16.7. The fourth-order valence-corrected chi connectivity index (χ4v) is 3.65. The lowest BCUT2D eigenvalue weighted by molar-refractivity contribution is 0.0975. The lowest BCUT2D eigenvalue weighted by Crippen LogP contribution is -2.43. The molecule has 0 bridgehead atoms. The predicted molar refractivity (Wildman–Crippen MR) is 110 cm³/mol. The summed E-state index contributed by atoms with van der Waals surface area (Å²) in [6.07, 6.45) is -0.433. The molecule has 3 aromatic rings. The minimum Gasteiger partial charge on any atom is -0.479 e. The summed E-state index contributed by atoms with van der Waals surface area (Å²) >= 11 is 0. The maximum Gasteiger partial charge on any atom is 0.262 e. The topological polar surface area (TPSA) is 83.8 Å². The Morgan fingerprint density at radius 1 is 1.07 bits per heavy atom. The first-order valence-electron chi connectivity index (χ1n) is 9.43.